The van der Waals surface area contributed by atoms with Gasteiger partial charge in [-0.15, -0.1) is 5.10 Å². The second-order valence-electron chi connectivity index (χ2n) is 3.97. The molecular weight excluding hydrogens is 294 g/mol. The van der Waals surface area contributed by atoms with Crippen molar-refractivity contribution in [3.63, 3.8) is 0 Å². The van der Waals surface area contributed by atoms with Crippen molar-refractivity contribution >= 4 is 32.7 Å². The van der Waals surface area contributed by atoms with Gasteiger partial charge in [-0.05, 0) is 35.0 Å². The van der Waals surface area contributed by atoms with Gasteiger partial charge < -0.3 is 5.73 Å². The molecule has 0 aliphatic carbocycles. The number of nitrogens with two attached hydrogens (primary N) is 1. The van der Waals surface area contributed by atoms with E-state index in [4.69, 9.17) is 5.73 Å². The molecule has 0 bridgehead atoms. The van der Waals surface area contributed by atoms with Gasteiger partial charge in [0.1, 0.15) is 0 Å². The molecule has 3 rings (SSSR count). The van der Waals surface area contributed by atoms with Gasteiger partial charge >= 0.3 is 0 Å². The lowest BCUT2D eigenvalue weighted by atomic mass is 10.2. The number of pyridine rings is 1. The van der Waals surface area contributed by atoms with Crippen LogP contribution in [-0.2, 0) is 0 Å². The van der Waals surface area contributed by atoms with E-state index in [2.05, 4.69) is 31.2 Å². The Balaban J connectivity index is 2.33. The van der Waals surface area contributed by atoms with E-state index in [1.54, 1.807) is 10.9 Å². The van der Waals surface area contributed by atoms with Crippen LogP contribution in [0, 0.1) is 6.92 Å². The lowest BCUT2D eigenvalue weighted by molar-refractivity contribution is 0.788. The first-order valence-corrected chi connectivity index (χ1v) is 6.18. The van der Waals surface area contributed by atoms with Gasteiger partial charge in [-0.25, -0.2) is 4.68 Å². The van der Waals surface area contributed by atoms with Crippen LogP contribution in [0.5, 0.6) is 0 Å². The molecule has 0 aliphatic rings. The summed E-state index contributed by atoms with van der Waals surface area (Å²) in [7, 11) is 0. The van der Waals surface area contributed by atoms with Crippen molar-refractivity contribution in [2.75, 3.05) is 5.73 Å². The van der Waals surface area contributed by atoms with Crippen molar-refractivity contribution in [1.82, 2.24) is 20.0 Å². The molecule has 2 N–H and O–H groups in total. The van der Waals surface area contributed by atoms with Gasteiger partial charge in [-0.3, -0.25) is 4.98 Å². The number of nitrogen functional groups attached to an aromatic ring is 1. The number of aromatic nitrogens is 4. The van der Waals surface area contributed by atoms with Crippen LogP contribution >= 0.6 is 15.9 Å². The second-order valence-corrected chi connectivity index (χ2v) is 4.89. The van der Waals surface area contributed by atoms with E-state index < -0.39 is 0 Å². The summed E-state index contributed by atoms with van der Waals surface area (Å²) >= 11 is 3.41. The first kappa shape index (κ1) is 11.2. The molecule has 0 spiro atoms. The van der Waals surface area contributed by atoms with Gasteiger partial charge in [0.25, 0.3) is 0 Å². The zero-order valence-corrected chi connectivity index (χ0v) is 11.2. The predicted molar refractivity (Wildman–Crippen MR) is 73.5 cm³/mol. The average molecular weight is 304 g/mol. The summed E-state index contributed by atoms with van der Waals surface area (Å²) in [5, 5.41) is 8.96. The van der Waals surface area contributed by atoms with E-state index in [1.807, 2.05) is 31.2 Å². The molecule has 0 atom stereocenters. The minimum absolute atomic E-state index is 0.434. The fourth-order valence-corrected chi connectivity index (χ4v) is 2.21. The maximum absolute atomic E-state index is 5.72. The third kappa shape index (κ3) is 1.65. The molecule has 0 radical (unpaired) electrons. The number of hydrogen-bond acceptors (Lipinski definition) is 4. The highest BCUT2D eigenvalue weighted by Gasteiger charge is 2.10. The summed E-state index contributed by atoms with van der Waals surface area (Å²) in [5.74, 6) is 0.434. The first-order chi connectivity index (χ1) is 8.66. The highest BCUT2D eigenvalue weighted by Crippen LogP contribution is 2.24. The van der Waals surface area contributed by atoms with Crippen molar-refractivity contribution in [2.24, 2.45) is 0 Å². The number of benzene rings is 1. The van der Waals surface area contributed by atoms with Crippen LogP contribution in [0.15, 0.2) is 34.9 Å². The Morgan fingerprint density at radius 3 is 2.89 bits per heavy atom. The van der Waals surface area contributed by atoms with E-state index in [1.165, 1.54) is 0 Å². The van der Waals surface area contributed by atoms with Crippen molar-refractivity contribution in [1.29, 1.82) is 0 Å². The Hall–Kier alpha value is -1.95. The molecular formula is C12H10BrN5. The number of nitrogens with zero attached hydrogens (tertiary/aromatic N) is 4. The third-order valence-electron chi connectivity index (χ3n) is 2.81. The molecule has 18 heavy (non-hydrogen) atoms. The van der Waals surface area contributed by atoms with Gasteiger partial charge in [0.15, 0.2) is 5.82 Å². The topological polar surface area (TPSA) is 69.6 Å². The molecule has 90 valence electrons. The molecule has 0 saturated carbocycles. The van der Waals surface area contributed by atoms with Crippen LogP contribution in [-0.4, -0.2) is 20.0 Å². The summed E-state index contributed by atoms with van der Waals surface area (Å²) in [4.78, 5) is 4.43. The van der Waals surface area contributed by atoms with E-state index in [0.29, 0.717) is 5.82 Å². The minimum atomic E-state index is 0.434. The third-order valence-corrected chi connectivity index (χ3v) is 3.25. The number of hydrogen-bond donors (Lipinski definition) is 1. The molecule has 5 nitrogen and oxygen atoms in total. The number of fused-ring (bicyclic) bond motifs is 1. The fourth-order valence-electron chi connectivity index (χ4n) is 1.86. The molecule has 2 aromatic heterocycles. The molecule has 2 heterocycles. The summed E-state index contributed by atoms with van der Waals surface area (Å²) in [6.07, 6.45) is 1.77. The maximum atomic E-state index is 5.72. The molecule has 0 amide bonds. The van der Waals surface area contributed by atoms with E-state index in [-0.39, 0.29) is 0 Å². The van der Waals surface area contributed by atoms with Crippen molar-refractivity contribution in [2.45, 2.75) is 6.92 Å². The minimum Gasteiger partial charge on any atom is -0.381 e. The summed E-state index contributed by atoms with van der Waals surface area (Å²) in [6.45, 7) is 1.88. The number of rotatable bonds is 1. The normalized spacial score (nSPS) is 11.0. The smallest absolute Gasteiger partial charge is 0.169 e. The monoisotopic (exact) mass is 303 g/mol. The molecule has 3 aromatic rings. The van der Waals surface area contributed by atoms with Crippen LogP contribution in [0.25, 0.3) is 16.6 Å². The Morgan fingerprint density at radius 2 is 2.17 bits per heavy atom. The lowest BCUT2D eigenvalue weighted by Crippen LogP contribution is -2.01. The van der Waals surface area contributed by atoms with Gasteiger partial charge in [0, 0.05) is 16.1 Å². The van der Waals surface area contributed by atoms with Gasteiger partial charge in [-0.2, -0.15) is 0 Å². The fraction of sp³-hybridized carbons (Fsp3) is 0.0833. The van der Waals surface area contributed by atoms with Crippen LogP contribution in [0.1, 0.15) is 5.69 Å². The molecule has 1 aromatic carbocycles. The van der Waals surface area contributed by atoms with Gasteiger partial charge in [0.05, 0.1) is 16.9 Å². The number of anilines is 1. The SMILES string of the molecule is Cc1c(N)nnn1-c1cccc2cc(Br)cnc12. The second kappa shape index (κ2) is 4.06. The highest BCUT2D eigenvalue weighted by atomic mass is 79.9. The average Bonchev–Trinajstić information content (AvgIpc) is 2.69. The van der Waals surface area contributed by atoms with Gasteiger partial charge in [-0.1, -0.05) is 17.3 Å². The number of halogens is 1. The summed E-state index contributed by atoms with van der Waals surface area (Å²) < 4.78 is 2.65. The molecule has 0 saturated heterocycles. The van der Waals surface area contributed by atoms with Gasteiger partial charge in [0.2, 0.25) is 0 Å². The molecule has 6 heteroatoms. The van der Waals surface area contributed by atoms with Crippen LogP contribution < -0.4 is 5.73 Å². The molecule has 0 fully saturated rings. The molecule has 0 unspecified atom stereocenters. The predicted octanol–water partition coefficient (Wildman–Crippen LogP) is 2.47. The molecule has 0 aliphatic heterocycles. The lowest BCUT2D eigenvalue weighted by Gasteiger charge is -2.07. The van der Waals surface area contributed by atoms with Crippen LogP contribution in [0.2, 0.25) is 0 Å². The quantitative estimate of drug-likeness (QED) is 0.750. The first-order valence-electron chi connectivity index (χ1n) is 5.39. The highest BCUT2D eigenvalue weighted by molar-refractivity contribution is 9.10. The largest absolute Gasteiger partial charge is 0.381 e. The maximum Gasteiger partial charge on any atom is 0.169 e. The Labute approximate surface area is 112 Å². The standard InChI is InChI=1S/C12H10BrN5/c1-7-12(14)16-17-18(7)10-4-2-3-8-5-9(13)6-15-11(8)10/h2-6H,14H2,1H3. The summed E-state index contributed by atoms with van der Waals surface area (Å²) in [5.41, 5.74) is 8.28. The van der Waals surface area contributed by atoms with Crippen molar-refractivity contribution in [3.05, 3.63) is 40.6 Å². The van der Waals surface area contributed by atoms with E-state index >= 15 is 0 Å². The Kier molecular flexibility index (Phi) is 2.52. The van der Waals surface area contributed by atoms with E-state index in [0.717, 1.165) is 26.8 Å². The Bertz CT molecular complexity index is 734. The zero-order chi connectivity index (χ0) is 12.7. The Morgan fingerprint density at radius 1 is 1.33 bits per heavy atom. The van der Waals surface area contributed by atoms with Crippen molar-refractivity contribution in [3.8, 4) is 5.69 Å². The van der Waals surface area contributed by atoms with E-state index in [9.17, 15) is 0 Å². The van der Waals surface area contributed by atoms with Crippen LogP contribution in [0.3, 0.4) is 0 Å². The summed E-state index contributed by atoms with van der Waals surface area (Å²) in [6, 6.07) is 7.93. The van der Waals surface area contributed by atoms with Crippen LogP contribution in [0.4, 0.5) is 5.82 Å². The number of para-hydroxylation sites is 1. The zero-order valence-electron chi connectivity index (χ0n) is 9.63. The van der Waals surface area contributed by atoms with Crippen molar-refractivity contribution < 1.29 is 0 Å².